The van der Waals surface area contributed by atoms with Crippen LogP contribution in [0.25, 0.3) is 0 Å². The van der Waals surface area contributed by atoms with Crippen molar-refractivity contribution in [1.29, 1.82) is 5.26 Å². The number of ether oxygens (including phenoxy) is 1. The Morgan fingerprint density at radius 1 is 1.36 bits per heavy atom. The lowest BCUT2D eigenvalue weighted by molar-refractivity contribution is 0.314. The summed E-state index contributed by atoms with van der Waals surface area (Å²) in [7, 11) is 0. The van der Waals surface area contributed by atoms with Crippen LogP contribution in [0.2, 0.25) is 0 Å². The molecule has 0 aromatic heterocycles. The summed E-state index contributed by atoms with van der Waals surface area (Å²) in [5.74, 6) is 0.384. The molecular formula is C12H13NO. The van der Waals surface area contributed by atoms with Gasteiger partial charge in [-0.2, -0.15) is 5.26 Å². The highest BCUT2D eigenvalue weighted by molar-refractivity contribution is 5.36. The van der Waals surface area contributed by atoms with E-state index in [-0.39, 0.29) is 6.10 Å². The van der Waals surface area contributed by atoms with Gasteiger partial charge in [0.15, 0.2) is 0 Å². The molecule has 0 spiro atoms. The predicted octanol–water partition coefficient (Wildman–Crippen LogP) is 2.46. The van der Waals surface area contributed by atoms with Crippen molar-refractivity contribution in [2.75, 3.05) is 0 Å². The van der Waals surface area contributed by atoms with Crippen molar-refractivity contribution in [2.24, 2.45) is 5.92 Å². The van der Waals surface area contributed by atoms with Gasteiger partial charge < -0.3 is 4.74 Å². The summed E-state index contributed by atoms with van der Waals surface area (Å²) in [4.78, 5) is 0. The van der Waals surface area contributed by atoms with Gasteiger partial charge in [0.25, 0.3) is 0 Å². The van der Waals surface area contributed by atoms with E-state index in [9.17, 15) is 0 Å². The minimum atomic E-state index is -0.671. The van der Waals surface area contributed by atoms with Gasteiger partial charge in [0.2, 0.25) is 5.60 Å². The number of rotatable bonds is 2. The van der Waals surface area contributed by atoms with Crippen LogP contribution in [0.3, 0.4) is 0 Å². The molecule has 0 aliphatic carbocycles. The lowest BCUT2D eigenvalue weighted by atomic mass is 9.91. The van der Waals surface area contributed by atoms with Crippen LogP contribution in [-0.4, -0.2) is 6.10 Å². The standard InChI is InChI=1S/C12H13NO/c1-9(2)11-12(8-13,14-11)10-6-4-3-5-7-10/h3-7,9,11H,1-2H3. The maximum Gasteiger partial charge on any atom is 0.206 e. The van der Waals surface area contributed by atoms with Crippen LogP contribution in [0.15, 0.2) is 30.3 Å². The van der Waals surface area contributed by atoms with Crippen molar-refractivity contribution in [1.82, 2.24) is 0 Å². The zero-order chi connectivity index (χ0) is 10.2. The highest BCUT2D eigenvalue weighted by Gasteiger charge is 2.59. The fraction of sp³-hybridized carbons (Fsp3) is 0.417. The van der Waals surface area contributed by atoms with Gasteiger partial charge >= 0.3 is 0 Å². The molecule has 2 nitrogen and oxygen atoms in total. The Kier molecular flexibility index (Phi) is 2.05. The average molecular weight is 187 g/mol. The molecule has 2 unspecified atom stereocenters. The van der Waals surface area contributed by atoms with Crippen molar-refractivity contribution < 1.29 is 4.74 Å². The minimum absolute atomic E-state index is 0.0508. The van der Waals surface area contributed by atoms with Crippen molar-refractivity contribution in [3.8, 4) is 6.07 Å². The van der Waals surface area contributed by atoms with Crippen molar-refractivity contribution in [3.63, 3.8) is 0 Å². The molecule has 0 saturated carbocycles. The molecule has 2 heteroatoms. The maximum atomic E-state index is 9.15. The Balaban J connectivity index is 2.31. The number of benzene rings is 1. The van der Waals surface area contributed by atoms with Crippen molar-refractivity contribution >= 4 is 0 Å². The Labute approximate surface area is 84.1 Å². The topological polar surface area (TPSA) is 36.3 Å². The first-order valence-corrected chi connectivity index (χ1v) is 4.85. The predicted molar refractivity (Wildman–Crippen MR) is 53.4 cm³/mol. The number of epoxide rings is 1. The van der Waals surface area contributed by atoms with Crippen LogP contribution in [-0.2, 0) is 10.3 Å². The van der Waals surface area contributed by atoms with Gasteiger partial charge in [0.1, 0.15) is 12.2 Å². The van der Waals surface area contributed by atoms with E-state index in [1.54, 1.807) is 0 Å². The normalized spacial score (nSPS) is 30.0. The summed E-state index contributed by atoms with van der Waals surface area (Å²) in [5, 5.41) is 9.15. The Bertz CT molecular complexity index is 366. The zero-order valence-electron chi connectivity index (χ0n) is 8.40. The number of hydrogen-bond donors (Lipinski definition) is 0. The molecule has 1 aromatic rings. The van der Waals surface area contributed by atoms with E-state index in [0.29, 0.717) is 5.92 Å². The first kappa shape index (κ1) is 9.23. The summed E-state index contributed by atoms with van der Waals surface area (Å²) in [6.07, 6.45) is 0.0508. The molecule has 2 atom stereocenters. The van der Waals surface area contributed by atoms with Crippen LogP contribution in [0.1, 0.15) is 19.4 Å². The van der Waals surface area contributed by atoms with E-state index < -0.39 is 5.60 Å². The molecule has 1 aliphatic rings. The van der Waals surface area contributed by atoms with Crippen LogP contribution >= 0.6 is 0 Å². The number of nitrogens with zero attached hydrogens (tertiary/aromatic N) is 1. The Morgan fingerprint density at radius 3 is 2.43 bits per heavy atom. The highest BCUT2D eigenvalue weighted by atomic mass is 16.6. The van der Waals surface area contributed by atoms with Crippen LogP contribution in [0.5, 0.6) is 0 Å². The molecule has 1 aromatic carbocycles. The minimum Gasteiger partial charge on any atom is -0.345 e. The number of nitriles is 1. The number of hydrogen-bond acceptors (Lipinski definition) is 2. The SMILES string of the molecule is CC(C)C1OC1(C#N)c1ccccc1. The summed E-state index contributed by atoms with van der Waals surface area (Å²) in [6.45, 7) is 4.15. The third kappa shape index (κ3) is 1.21. The largest absolute Gasteiger partial charge is 0.345 e. The maximum absolute atomic E-state index is 9.15. The molecule has 14 heavy (non-hydrogen) atoms. The van der Waals surface area contributed by atoms with Gasteiger partial charge in [0, 0.05) is 5.56 Å². The second kappa shape index (κ2) is 3.11. The zero-order valence-corrected chi connectivity index (χ0v) is 8.40. The molecule has 2 rings (SSSR count). The first-order chi connectivity index (χ1) is 6.70. The molecule has 0 N–H and O–H groups in total. The third-order valence-electron chi connectivity index (χ3n) is 2.63. The second-order valence-electron chi connectivity index (χ2n) is 4.00. The lowest BCUT2D eigenvalue weighted by Crippen LogP contribution is -2.13. The Morgan fingerprint density at radius 2 is 2.00 bits per heavy atom. The average Bonchev–Trinajstić information content (AvgIpc) is 2.95. The third-order valence-corrected chi connectivity index (χ3v) is 2.63. The molecule has 1 aliphatic heterocycles. The molecule has 72 valence electrons. The Hall–Kier alpha value is -1.33. The van der Waals surface area contributed by atoms with Crippen LogP contribution in [0.4, 0.5) is 0 Å². The van der Waals surface area contributed by atoms with E-state index in [4.69, 9.17) is 10.00 Å². The lowest BCUT2D eigenvalue weighted by Gasteiger charge is -2.05. The van der Waals surface area contributed by atoms with E-state index in [0.717, 1.165) is 5.56 Å². The highest BCUT2D eigenvalue weighted by Crippen LogP contribution is 2.49. The fourth-order valence-electron chi connectivity index (χ4n) is 1.84. The molecule has 0 bridgehead atoms. The van der Waals surface area contributed by atoms with E-state index in [1.807, 2.05) is 30.3 Å². The monoisotopic (exact) mass is 187 g/mol. The van der Waals surface area contributed by atoms with E-state index in [1.165, 1.54) is 0 Å². The molecule has 0 amide bonds. The van der Waals surface area contributed by atoms with Crippen LogP contribution < -0.4 is 0 Å². The molecule has 1 saturated heterocycles. The summed E-state index contributed by atoms with van der Waals surface area (Å²) < 4.78 is 5.54. The van der Waals surface area contributed by atoms with E-state index >= 15 is 0 Å². The molecule has 1 heterocycles. The van der Waals surface area contributed by atoms with Gasteiger partial charge in [0.05, 0.1) is 0 Å². The van der Waals surface area contributed by atoms with Gasteiger partial charge in [-0.05, 0) is 5.92 Å². The summed E-state index contributed by atoms with van der Waals surface area (Å²) in [5.41, 5.74) is 0.302. The van der Waals surface area contributed by atoms with Crippen molar-refractivity contribution in [2.45, 2.75) is 25.6 Å². The van der Waals surface area contributed by atoms with Gasteiger partial charge in [-0.1, -0.05) is 44.2 Å². The fourth-order valence-corrected chi connectivity index (χ4v) is 1.84. The van der Waals surface area contributed by atoms with E-state index in [2.05, 4.69) is 19.9 Å². The van der Waals surface area contributed by atoms with Gasteiger partial charge in [-0.3, -0.25) is 0 Å². The first-order valence-electron chi connectivity index (χ1n) is 4.85. The van der Waals surface area contributed by atoms with Gasteiger partial charge in [-0.25, -0.2) is 0 Å². The quantitative estimate of drug-likeness (QED) is 0.667. The molecule has 1 fully saturated rings. The van der Waals surface area contributed by atoms with Crippen LogP contribution in [0, 0.1) is 17.2 Å². The smallest absolute Gasteiger partial charge is 0.206 e. The molecule has 0 radical (unpaired) electrons. The second-order valence-corrected chi connectivity index (χ2v) is 4.00. The summed E-state index contributed by atoms with van der Waals surface area (Å²) in [6, 6.07) is 12.0. The molecular weight excluding hydrogens is 174 g/mol. The summed E-state index contributed by atoms with van der Waals surface area (Å²) >= 11 is 0. The van der Waals surface area contributed by atoms with Gasteiger partial charge in [-0.15, -0.1) is 0 Å². The van der Waals surface area contributed by atoms with Crippen molar-refractivity contribution in [3.05, 3.63) is 35.9 Å².